The van der Waals surface area contributed by atoms with Crippen molar-refractivity contribution in [2.45, 2.75) is 194 Å². The van der Waals surface area contributed by atoms with Gasteiger partial charge in [-0.3, -0.25) is 0 Å². The van der Waals surface area contributed by atoms with E-state index >= 15 is 0 Å². The lowest BCUT2D eigenvalue weighted by molar-refractivity contribution is -0.704. The largest absolute Gasteiger partial charge is 0.256 e. The second-order valence-corrected chi connectivity index (χ2v) is 11.3. The third kappa shape index (κ3) is 18.2. The summed E-state index contributed by atoms with van der Waals surface area (Å²) < 4.78 is 5.16. The molecule has 0 aliphatic carbocycles. The van der Waals surface area contributed by atoms with Crippen molar-refractivity contribution < 1.29 is 4.57 Å². The zero-order chi connectivity index (χ0) is 25.2. The van der Waals surface area contributed by atoms with E-state index < -0.39 is 0 Å². The molecule has 0 spiro atoms. The van der Waals surface area contributed by atoms with Crippen LogP contribution in [0.2, 0.25) is 0 Å². The quantitative estimate of drug-likeness (QED) is 0.0858. The Morgan fingerprint density at radius 1 is 0.486 bits per heavy atom. The molecule has 1 rings (SSSR count). The third-order valence-electron chi connectivity index (χ3n) is 7.85. The van der Waals surface area contributed by atoms with Crippen LogP contribution in [0.3, 0.4) is 0 Å². The normalized spacial score (nSPS) is 11.5. The Morgan fingerprint density at radius 3 is 1.34 bits per heavy atom. The van der Waals surface area contributed by atoms with Gasteiger partial charge in [0.25, 0.3) is 5.82 Å². The van der Waals surface area contributed by atoms with Gasteiger partial charge in [-0.25, -0.2) is 9.13 Å². The van der Waals surface area contributed by atoms with Crippen LogP contribution in [0.15, 0.2) is 12.4 Å². The second kappa shape index (κ2) is 24.9. The van der Waals surface area contributed by atoms with Crippen LogP contribution in [0.1, 0.15) is 181 Å². The van der Waals surface area contributed by atoms with Crippen molar-refractivity contribution in [3.8, 4) is 0 Å². The Bertz CT molecular complexity index is 547. The van der Waals surface area contributed by atoms with Gasteiger partial charge < -0.3 is 0 Å². The minimum absolute atomic E-state index is 1.20. The van der Waals surface area contributed by atoms with Gasteiger partial charge in [-0.1, -0.05) is 149 Å². The van der Waals surface area contributed by atoms with Crippen LogP contribution < -0.4 is 4.57 Å². The molecule has 0 bridgehead atoms. The molecule has 0 aliphatic rings. The summed E-state index contributed by atoms with van der Waals surface area (Å²) in [5, 5.41) is 0. The van der Waals surface area contributed by atoms with E-state index in [0.717, 1.165) is 0 Å². The van der Waals surface area contributed by atoms with Gasteiger partial charge >= 0.3 is 0 Å². The van der Waals surface area contributed by atoms with Crippen LogP contribution in [0.4, 0.5) is 0 Å². The molecule has 0 saturated carbocycles. The highest BCUT2D eigenvalue weighted by Crippen LogP contribution is 2.14. The first-order valence-corrected chi connectivity index (χ1v) is 16.4. The number of hydrogen-bond donors (Lipinski definition) is 0. The Balaban J connectivity index is 2.16. The van der Waals surface area contributed by atoms with E-state index in [1.807, 2.05) is 0 Å². The van der Waals surface area contributed by atoms with Crippen molar-refractivity contribution in [3.63, 3.8) is 0 Å². The van der Waals surface area contributed by atoms with E-state index in [2.05, 4.69) is 42.3 Å². The van der Waals surface area contributed by atoms with Crippen molar-refractivity contribution in [1.29, 1.82) is 0 Å². The lowest BCUT2D eigenvalue weighted by Gasteiger charge is -2.06. The Hall–Kier alpha value is -0.790. The molecule has 206 valence electrons. The summed E-state index contributed by atoms with van der Waals surface area (Å²) in [6.45, 7) is 9.35. The second-order valence-electron chi connectivity index (χ2n) is 11.3. The van der Waals surface area contributed by atoms with Gasteiger partial charge in [0.05, 0.1) is 13.1 Å². The van der Waals surface area contributed by atoms with E-state index in [1.54, 1.807) is 5.82 Å². The zero-order valence-corrected chi connectivity index (χ0v) is 24.6. The number of nitrogens with zero attached hydrogens (tertiary/aromatic N) is 2. The molecule has 0 amide bonds. The van der Waals surface area contributed by atoms with Gasteiger partial charge in [0, 0.05) is 6.42 Å². The summed E-state index contributed by atoms with van der Waals surface area (Å²) in [7, 11) is 0. The van der Waals surface area contributed by atoms with Crippen LogP contribution in [0, 0.1) is 0 Å². The third-order valence-corrected chi connectivity index (χ3v) is 7.85. The van der Waals surface area contributed by atoms with E-state index in [0.29, 0.717) is 0 Å². The van der Waals surface area contributed by atoms with Crippen LogP contribution in [0.25, 0.3) is 0 Å². The molecular formula is C33H65N2+. The molecule has 1 heterocycles. The van der Waals surface area contributed by atoms with Crippen LogP contribution in [-0.4, -0.2) is 4.57 Å². The molecule has 2 nitrogen and oxygen atoms in total. The number of aryl methyl sites for hydroxylation is 2. The molecule has 0 atom stereocenters. The Labute approximate surface area is 221 Å². The van der Waals surface area contributed by atoms with E-state index in [-0.39, 0.29) is 0 Å². The highest BCUT2D eigenvalue weighted by Gasteiger charge is 2.16. The molecular weight excluding hydrogens is 424 g/mol. The van der Waals surface area contributed by atoms with Gasteiger partial charge in [0.1, 0.15) is 12.4 Å². The molecule has 0 fully saturated rings. The molecule has 0 saturated heterocycles. The average molecular weight is 490 g/mol. The molecule has 35 heavy (non-hydrogen) atoms. The van der Waals surface area contributed by atoms with E-state index in [4.69, 9.17) is 0 Å². The number of unbranched alkanes of at least 4 members (excludes halogenated alkanes) is 21. The molecule has 0 N–H and O–H groups in total. The number of hydrogen-bond acceptors (Lipinski definition) is 0. The summed E-state index contributed by atoms with van der Waals surface area (Å²) in [5.41, 5.74) is 0. The fraction of sp³-hybridized carbons (Fsp3) is 0.909. The van der Waals surface area contributed by atoms with Gasteiger partial charge in [-0.05, 0) is 25.7 Å². The van der Waals surface area contributed by atoms with Crippen molar-refractivity contribution in [2.75, 3.05) is 0 Å². The van der Waals surface area contributed by atoms with Crippen molar-refractivity contribution >= 4 is 0 Å². The molecule has 0 aromatic carbocycles. The highest BCUT2D eigenvalue weighted by atomic mass is 15.1. The fourth-order valence-electron chi connectivity index (χ4n) is 5.41. The van der Waals surface area contributed by atoms with Crippen molar-refractivity contribution in [1.82, 2.24) is 4.57 Å². The molecule has 1 aromatic heterocycles. The number of rotatable bonds is 27. The average Bonchev–Trinajstić information content (AvgIpc) is 3.25. The number of imidazole rings is 1. The predicted octanol–water partition coefficient (Wildman–Crippen LogP) is 10.7. The van der Waals surface area contributed by atoms with Gasteiger partial charge in [0.15, 0.2) is 0 Å². The first-order chi connectivity index (χ1) is 17.3. The van der Waals surface area contributed by atoms with E-state index in [9.17, 15) is 0 Å². The van der Waals surface area contributed by atoms with Crippen LogP contribution in [-0.2, 0) is 19.5 Å². The summed E-state index contributed by atoms with van der Waals surface area (Å²) >= 11 is 0. The lowest BCUT2D eigenvalue weighted by atomic mass is 10.0. The van der Waals surface area contributed by atoms with Crippen LogP contribution in [0.5, 0.6) is 0 Å². The van der Waals surface area contributed by atoms with Crippen molar-refractivity contribution in [3.05, 3.63) is 18.2 Å². The maximum atomic E-state index is 2.60. The topological polar surface area (TPSA) is 8.81 Å². The zero-order valence-electron chi connectivity index (χ0n) is 24.6. The van der Waals surface area contributed by atoms with E-state index in [1.165, 1.54) is 174 Å². The molecule has 0 unspecified atom stereocenters. The molecule has 0 radical (unpaired) electrons. The maximum Gasteiger partial charge on any atom is 0.256 e. The minimum atomic E-state index is 1.20. The molecule has 2 heteroatoms. The first-order valence-electron chi connectivity index (χ1n) is 16.4. The molecule has 0 aliphatic heterocycles. The monoisotopic (exact) mass is 490 g/mol. The van der Waals surface area contributed by atoms with Crippen LogP contribution >= 0.6 is 0 Å². The maximum absolute atomic E-state index is 2.60. The van der Waals surface area contributed by atoms with Crippen molar-refractivity contribution in [2.24, 2.45) is 0 Å². The predicted molar refractivity (Wildman–Crippen MR) is 156 cm³/mol. The molecule has 1 aromatic rings. The fourth-order valence-corrected chi connectivity index (χ4v) is 5.41. The van der Waals surface area contributed by atoms with Gasteiger partial charge in [0.2, 0.25) is 0 Å². The summed E-state index contributed by atoms with van der Waals surface area (Å²) in [4.78, 5) is 0. The SMILES string of the molecule is CCCCCCCCCCCCCCC[n+]1ccn(CCCC)c1CCCCCCCCCCC. The minimum Gasteiger partial charge on any atom is -0.234 e. The number of aromatic nitrogens is 2. The highest BCUT2D eigenvalue weighted by molar-refractivity contribution is 4.84. The lowest BCUT2D eigenvalue weighted by Crippen LogP contribution is -2.37. The summed E-state index contributed by atoms with van der Waals surface area (Å²) in [5.74, 6) is 1.60. The smallest absolute Gasteiger partial charge is 0.234 e. The Kier molecular flexibility index (Phi) is 22.9. The van der Waals surface area contributed by atoms with Gasteiger partial charge in [-0.15, -0.1) is 0 Å². The summed E-state index contributed by atoms with van der Waals surface area (Å²) in [6.07, 6.45) is 40.1. The summed E-state index contributed by atoms with van der Waals surface area (Å²) in [6, 6.07) is 0. The Morgan fingerprint density at radius 2 is 0.886 bits per heavy atom. The van der Waals surface area contributed by atoms with Gasteiger partial charge in [-0.2, -0.15) is 0 Å². The standard InChI is InChI=1S/C33H65N2/c1-4-7-10-12-14-16-17-18-19-21-23-25-27-30-35-32-31-34(29-9-6-3)33(35)28-26-24-22-20-15-13-11-8-5-2/h31-32H,4-30H2,1-3H3/q+1. The first kappa shape index (κ1) is 32.2.